The Balaban J connectivity index is 2.50. The predicted molar refractivity (Wildman–Crippen MR) is 80.4 cm³/mol. The first-order valence-electron chi connectivity index (χ1n) is 6.94. The normalized spacial score (nSPS) is 10.2. The van der Waals surface area contributed by atoms with E-state index in [2.05, 4.69) is 10.6 Å². The molecule has 0 spiro atoms. The zero-order valence-corrected chi connectivity index (χ0v) is 12.5. The zero-order valence-electron chi connectivity index (χ0n) is 12.5. The number of esters is 1. The van der Waals surface area contributed by atoms with Crippen molar-refractivity contribution in [2.24, 2.45) is 0 Å². The molecule has 0 atom stereocenters. The molecule has 0 radical (unpaired) electrons. The summed E-state index contributed by atoms with van der Waals surface area (Å²) in [6.45, 7) is 3.89. The summed E-state index contributed by atoms with van der Waals surface area (Å²) in [5.41, 5.74) is 0.831. The number of benzene rings is 1. The maximum Gasteiger partial charge on any atom is 0.340 e. The standard InChI is InChI=1S/C15H22N2O4/c1-3-21-15(19)12-6-4-5-7-13(12)17-14(18)8-9-16-10-11-20-2/h4-7,16H,3,8-11H2,1-2H3,(H,17,18). The quantitative estimate of drug-likeness (QED) is 0.532. The van der Waals surface area contributed by atoms with Crippen molar-refractivity contribution in [3.8, 4) is 0 Å². The number of hydrogen-bond acceptors (Lipinski definition) is 5. The maximum absolute atomic E-state index is 11.8. The van der Waals surface area contributed by atoms with Gasteiger partial charge in [-0.2, -0.15) is 0 Å². The summed E-state index contributed by atoms with van der Waals surface area (Å²) in [6.07, 6.45) is 0.320. The summed E-state index contributed by atoms with van der Waals surface area (Å²) in [5.74, 6) is -0.594. The zero-order chi connectivity index (χ0) is 15.5. The highest BCUT2D eigenvalue weighted by atomic mass is 16.5. The fourth-order valence-corrected chi connectivity index (χ4v) is 1.69. The van der Waals surface area contributed by atoms with Gasteiger partial charge < -0.3 is 20.1 Å². The van der Waals surface area contributed by atoms with E-state index in [1.165, 1.54) is 0 Å². The molecule has 21 heavy (non-hydrogen) atoms. The molecule has 6 nitrogen and oxygen atoms in total. The van der Waals surface area contributed by atoms with E-state index >= 15 is 0 Å². The summed E-state index contributed by atoms with van der Waals surface area (Å²) in [6, 6.07) is 6.80. The molecule has 1 amide bonds. The summed E-state index contributed by atoms with van der Waals surface area (Å²) < 4.78 is 9.85. The first-order valence-corrected chi connectivity index (χ1v) is 6.94. The Morgan fingerprint density at radius 3 is 2.67 bits per heavy atom. The number of nitrogens with one attached hydrogen (secondary N) is 2. The van der Waals surface area contributed by atoms with Crippen LogP contribution in [0.4, 0.5) is 5.69 Å². The molecule has 1 aromatic carbocycles. The molecule has 0 saturated heterocycles. The Morgan fingerprint density at radius 1 is 1.19 bits per heavy atom. The minimum absolute atomic E-state index is 0.156. The molecule has 116 valence electrons. The van der Waals surface area contributed by atoms with Gasteiger partial charge in [0.2, 0.25) is 5.91 Å². The fourth-order valence-electron chi connectivity index (χ4n) is 1.69. The van der Waals surface area contributed by atoms with Crippen LogP contribution < -0.4 is 10.6 Å². The van der Waals surface area contributed by atoms with Gasteiger partial charge in [-0.05, 0) is 19.1 Å². The van der Waals surface area contributed by atoms with Gasteiger partial charge in [0.25, 0.3) is 0 Å². The number of methoxy groups -OCH3 is 1. The highest BCUT2D eigenvalue weighted by molar-refractivity contribution is 6.01. The van der Waals surface area contributed by atoms with Crippen LogP contribution in [0.3, 0.4) is 0 Å². The van der Waals surface area contributed by atoms with Gasteiger partial charge in [0, 0.05) is 26.6 Å². The van der Waals surface area contributed by atoms with Crippen LogP contribution in [0.25, 0.3) is 0 Å². The van der Waals surface area contributed by atoms with Crippen LogP contribution >= 0.6 is 0 Å². The lowest BCUT2D eigenvalue weighted by Crippen LogP contribution is -2.25. The van der Waals surface area contributed by atoms with Crippen LogP contribution in [0.5, 0.6) is 0 Å². The van der Waals surface area contributed by atoms with Gasteiger partial charge in [-0.25, -0.2) is 4.79 Å². The third-order valence-corrected chi connectivity index (χ3v) is 2.71. The van der Waals surface area contributed by atoms with E-state index in [-0.39, 0.29) is 5.91 Å². The van der Waals surface area contributed by atoms with Crippen molar-refractivity contribution in [2.45, 2.75) is 13.3 Å². The van der Waals surface area contributed by atoms with Crippen molar-refractivity contribution in [2.75, 3.05) is 38.7 Å². The lowest BCUT2D eigenvalue weighted by molar-refractivity contribution is -0.116. The van der Waals surface area contributed by atoms with Gasteiger partial charge in [0.05, 0.1) is 24.5 Å². The molecule has 2 N–H and O–H groups in total. The van der Waals surface area contributed by atoms with Crippen molar-refractivity contribution >= 4 is 17.6 Å². The number of anilines is 1. The summed E-state index contributed by atoms with van der Waals surface area (Å²) in [5, 5.41) is 5.81. The van der Waals surface area contributed by atoms with Crippen LogP contribution in [0.15, 0.2) is 24.3 Å². The SMILES string of the molecule is CCOC(=O)c1ccccc1NC(=O)CCNCCOC. The fraction of sp³-hybridized carbons (Fsp3) is 0.467. The molecule has 6 heteroatoms. The molecule has 0 aromatic heterocycles. The largest absolute Gasteiger partial charge is 0.462 e. The summed E-state index contributed by atoms with van der Waals surface area (Å²) in [7, 11) is 1.63. The average molecular weight is 294 g/mol. The second-order valence-electron chi connectivity index (χ2n) is 4.31. The molecule has 0 aliphatic rings. The van der Waals surface area contributed by atoms with Crippen LogP contribution in [-0.4, -0.2) is 45.3 Å². The van der Waals surface area contributed by atoms with Gasteiger partial charge in [-0.3, -0.25) is 4.79 Å². The molecule has 0 unspecified atom stereocenters. The van der Waals surface area contributed by atoms with E-state index in [0.717, 1.165) is 0 Å². The topological polar surface area (TPSA) is 76.7 Å². The molecule has 1 aromatic rings. The van der Waals surface area contributed by atoms with E-state index in [1.54, 1.807) is 38.3 Å². The van der Waals surface area contributed by atoms with Gasteiger partial charge >= 0.3 is 5.97 Å². The Morgan fingerprint density at radius 2 is 1.95 bits per heavy atom. The molecule has 0 saturated carbocycles. The Kier molecular flexibility index (Phi) is 8.08. The smallest absolute Gasteiger partial charge is 0.340 e. The molecule has 0 aliphatic carbocycles. The Hall–Kier alpha value is -1.92. The Labute approximate surface area is 124 Å². The van der Waals surface area contributed by atoms with Gasteiger partial charge in [0.15, 0.2) is 0 Å². The van der Waals surface area contributed by atoms with E-state index < -0.39 is 5.97 Å². The van der Waals surface area contributed by atoms with Crippen molar-refractivity contribution in [1.29, 1.82) is 0 Å². The number of ether oxygens (including phenoxy) is 2. The monoisotopic (exact) mass is 294 g/mol. The van der Waals surface area contributed by atoms with Crippen molar-refractivity contribution in [3.63, 3.8) is 0 Å². The summed E-state index contributed by atoms with van der Waals surface area (Å²) >= 11 is 0. The van der Waals surface area contributed by atoms with Crippen LogP contribution in [0.2, 0.25) is 0 Å². The third kappa shape index (κ3) is 6.37. The van der Waals surface area contributed by atoms with Crippen molar-refractivity contribution in [1.82, 2.24) is 5.32 Å². The second-order valence-corrected chi connectivity index (χ2v) is 4.31. The third-order valence-electron chi connectivity index (χ3n) is 2.71. The molecule has 0 aliphatic heterocycles. The second kappa shape index (κ2) is 9.90. The van der Waals surface area contributed by atoms with E-state index in [9.17, 15) is 9.59 Å². The lowest BCUT2D eigenvalue weighted by Gasteiger charge is -2.10. The van der Waals surface area contributed by atoms with Gasteiger partial charge in [-0.15, -0.1) is 0 Å². The molecule has 1 rings (SSSR count). The first kappa shape index (κ1) is 17.1. The number of carbonyl (C=O) groups is 2. The highest BCUT2D eigenvalue weighted by Gasteiger charge is 2.13. The highest BCUT2D eigenvalue weighted by Crippen LogP contribution is 2.16. The van der Waals surface area contributed by atoms with E-state index in [4.69, 9.17) is 9.47 Å². The van der Waals surface area contributed by atoms with E-state index in [1.807, 2.05) is 0 Å². The van der Waals surface area contributed by atoms with Crippen molar-refractivity contribution < 1.29 is 19.1 Å². The summed E-state index contributed by atoms with van der Waals surface area (Å²) in [4.78, 5) is 23.6. The first-order chi connectivity index (χ1) is 10.2. The average Bonchev–Trinajstić information content (AvgIpc) is 2.48. The Bertz CT molecular complexity index is 463. The number of hydrogen-bond donors (Lipinski definition) is 2. The van der Waals surface area contributed by atoms with Crippen LogP contribution in [0, 0.1) is 0 Å². The van der Waals surface area contributed by atoms with Crippen LogP contribution in [0.1, 0.15) is 23.7 Å². The molecule has 0 heterocycles. The number of para-hydroxylation sites is 1. The molecule has 0 bridgehead atoms. The number of carbonyl (C=O) groups excluding carboxylic acids is 2. The molecular formula is C15H22N2O4. The maximum atomic E-state index is 11.8. The number of amides is 1. The van der Waals surface area contributed by atoms with E-state index in [0.29, 0.717) is 44.0 Å². The molecular weight excluding hydrogens is 272 g/mol. The minimum Gasteiger partial charge on any atom is -0.462 e. The molecule has 0 fully saturated rings. The van der Waals surface area contributed by atoms with Gasteiger partial charge in [0.1, 0.15) is 0 Å². The lowest BCUT2D eigenvalue weighted by atomic mass is 10.1. The number of rotatable bonds is 9. The minimum atomic E-state index is -0.438. The van der Waals surface area contributed by atoms with Gasteiger partial charge in [-0.1, -0.05) is 12.1 Å². The predicted octanol–water partition coefficient (Wildman–Crippen LogP) is 1.43. The van der Waals surface area contributed by atoms with Crippen molar-refractivity contribution in [3.05, 3.63) is 29.8 Å². The van der Waals surface area contributed by atoms with Crippen LogP contribution in [-0.2, 0) is 14.3 Å².